The minimum Gasteiger partial charge on any atom is -0.493 e. The Morgan fingerprint density at radius 3 is 2.86 bits per heavy atom. The van der Waals surface area contributed by atoms with Gasteiger partial charge in [0.25, 0.3) is 0 Å². The maximum absolute atomic E-state index is 8.68. The average molecular weight is 250 g/mol. The zero-order valence-electron chi connectivity index (χ0n) is 7.46. The van der Waals surface area contributed by atoms with E-state index in [-0.39, 0.29) is 0 Å². The van der Waals surface area contributed by atoms with Crippen molar-refractivity contribution in [2.75, 3.05) is 6.61 Å². The molecule has 1 rings (SSSR count). The highest BCUT2D eigenvalue weighted by molar-refractivity contribution is 9.10. The highest BCUT2D eigenvalue weighted by Gasteiger charge is 2.00. The molecule has 3 heteroatoms. The van der Waals surface area contributed by atoms with Crippen LogP contribution in [-0.4, -0.2) is 6.61 Å². The monoisotopic (exact) mass is 249 g/mol. The maximum atomic E-state index is 8.68. The molecule has 1 aromatic rings. The van der Waals surface area contributed by atoms with Gasteiger partial charge >= 0.3 is 0 Å². The minimum absolute atomic E-state index is 0.495. The van der Waals surface area contributed by atoms with E-state index in [2.05, 4.69) is 27.9 Å². The lowest BCUT2D eigenvalue weighted by Gasteiger charge is -2.04. The first kappa shape index (κ1) is 10.6. The van der Waals surface area contributed by atoms with E-state index in [1.165, 1.54) is 0 Å². The van der Waals surface area contributed by atoms with Crippen molar-refractivity contribution in [2.24, 2.45) is 0 Å². The lowest BCUT2D eigenvalue weighted by Crippen LogP contribution is -1.95. The number of hydrogen-bond acceptors (Lipinski definition) is 2. The fourth-order valence-electron chi connectivity index (χ4n) is 0.904. The highest BCUT2D eigenvalue weighted by atomic mass is 79.9. The number of halogens is 1. The van der Waals surface area contributed by atoms with Gasteiger partial charge < -0.3 is 4.74 Å². The second-order valence-corrected chi connectivity index (χ2v) is 3.41. The van der Waals surface area contributed by atoms with E-state index >= 15 is 0 Å². The zero-order valence-corrected chi connectivity index (χ0v) is 9.04. The molecular formula is C11H8BrNO. The molecule has 14 heavy (non-hydrogen) atoms. The summed E-state index contributed by atoms with van der Waals surface area (Å²) in [6.07, 6.45) is 5.67. The van der Waals surface area contributed by atoms with Crippen LogP contribution in [0.25, 0.3) is 0 Å². The molecule has 0 atom stereocenters. The molecule has 0 fully saturated rings. The third kappa shape index (κ3) is 2.80. The molecule has 0 heterocycles. The first-order valence-electron chi connectivity index (χ1n) is 4.04. The van der Waals surface area contributed by atoms with Crippen LogP contribution in [0.1, 0.15) is 12.0 Å². The van der Waals surface area contributed by atoms with Gasteiger partial charge in [-0.15, -0.1) is 12.3 Å². The number of ether oxygens (including phenoxy) is 1. The van der Waals surface area contributed by atoms with E-state index in [1.54, 1.807) is 18.2 Å². The van der Waals surface area contributed by atoms with Crippen LogP contribution >= 0.6 is 15.9 Å². The minimum atomic E-state index is 0.495. The summed E-state index contributed by atoms with van der Waals surface area (Å²) in [5.74, 6) is 3.20. The smallest absolute Gasteiger partial charge is 0.120 e. The average Bonchev–Trinajstić information content (AvgIpc) is 2.18. The standard InChI is InChI=1S/C11H8BrNO/c1-2-3-6-14-10-5-4-9(8-13)11(12)7-10/h1,4-5,7H,3,6H2. The Morgan fingerprint density at radius 1 is 1.50 bits per heavy atom. The lowest BCUT2D eigenvalue weighted by molar-refractivity contribution is 0.327. The summed E-state index contributed by atoms with van der Waals surface area (Å²) in [5.41, 5.74) is 0.592. The number of benzene rings is 1. The van der Waals surface area contributed by atoms with Crippen LogP contribution in [-0.2, 0) is 0 Å². The Bertz CT molecular complexity index is 401. The van der Waals surface area contributed by atoms with Gasteiger partial charge in [-0.05, 0) is 34.1 Å². The molecule has 70 valence electrons. The summed E-state index contributed by atoms with van der Waals surface area (Å²) in [7, 11) is 0. The van der Waals surface area contributed by atoms with Gasteiger partial charge in [-0.3, -0.25) is 0 Å². The van der Waals surface area contributed by atoms with Crippen molar-refractivity contribution in [3.05, 3.63) is 28.2 Å². The molecule has 0 unspecified atom stereocenters. The molecule has 2 nitrogen and oxygen atoms in total. The predicted octanol–water partition coefficient (Wildman–Crippen LogP) is 2.72. The molecule has 0 aliphatic rings. The first-order valence-corrected chi connectivity index (χ1v) is 4.83. The molecule has 1 aromatic carbocycles. The Balaban J connectivity index is 2.69. The third-order valence-corrected chi connectivity index (χ3v) is 2.23. The van der Waals surface area contributed by atoms with Gasteiger partial charge in [0.05, 0.1) is 12.2 Å². The molecule has 0 bridgehead atoms. The topological polar surface area (TPSA) is 33.0 Å². The molecular weight excluding hydrogens is 242 g/mol. The van der Waals surface area contributed by atoms with Gasteiger partial charge in [0, 0.05) is 10.9 Å². The van der Waals surface area contributed by atoms with Gasteiger partial charge in [0.2, 0.25) is 0 Å². The van der Waals surface area contributed by atoms with Crippen LogP contribution in [0.2, 0.25) is 0 Å². The van der Waals surface area contributed by atoms with Crippen LogP contribution in [0.5, 0.6) is 5.75 Å². The van der Waals surface area contributed by atoms with Gasteiger partial charge in [0.15, 0.2) is 0 Å². The molecule has 0 saturated carbocycles. The molecule has 0 amide bonds. The van der Waals surface area contributed by atoms with E-state index in [0.29, 0.717) is 24.3 Å². The molecule has 0 radical (unpaired) electrons. The quantitative estimate of drug-likeness (QED) is 0.610. The van der Waals surface area contributed by atoms with Crippen molar-refractivity contribution >= 4 is 15.9 Å². The molecule has 0 aliphatic carbocycles. The van der Waals surface area contributed by atoms with Crippen molar-refractivity contribution in [3.63, 3.8) is 0 Å². The van der Waals surface area contributed by atoms with Crippen molar-refractivity contribution in [2.45, 2.75) is 6.42 Å². The van der Waals surface area contributed by atoms with Crippen molar-refractivity contribution < 1.29 is 4.74 Å². The zero-order chi connectivity index (χ0) is 10.4. The lowest BCUT2D eigenvalue weighted by atomic mass is 10.2. The number of rotatable bonds is 3. The fourth-order valence-corrected chi connectivity index (χ4v) is 1.35. The van der Waals surface area contributed by atoms with Crippen LogP contribution in [0.4, 0.5) is 0 Å². The van der Waals surface area contributed by atoms with Crippen molar-refractivity contribution in [3.8, 4) is 24.2 Å². The number of nitrogens with zero attached hydrogens (tertiary/aromatic N) is 1. The summed E-state index contributed by atoms with van der Waals surface area (Å²) >= 11 is 3.27. The SMILES string of the molecule is C#CCCOc1ccc(C#N)c(Br)c1. The summed E-state index contributed by atoms with van der Waals surface area (Å²) < 4.78 is 6.08. The molecule has 0 saturated heterocycles. The number of nitriles is 1. The van der Waals surface area contributed by atoms with E-state index in [0.717, 1.165) is 4.47 Å². The van der Waals surface area contributed by atoms with E-state index in [1.807, 2.05) is 0 Å². The van der Waals surface area contributed by atoms with Gasteiger partial charge in [-0.25, -0.2) is 0 Å². The van der Waals surface area contributed by atoms with E-state index in [9.17, 15) is 0 Å². The Kier molecular flexibility index (Phi) is 4.04. The van der Waals surface area contributed by atoms with Gasteiger partial charge in [0.1, 0.15) is 11.8 Å². The fraction of sp³-hybridized carbons (Fsp3) is 0.182. The summed E-state index contributed by atoms with van der Waals surface area (Å²) in [6, 6.07) is 7.27. The Morgan fingerprint density at radius 2 is 2.29 bits per heavy atom. The summed E-state index contributed by atoms with van der Waals surface area (Å²) in [4.78, 5) is 0. The predicted molar refractivity (Wildman–Crippen MR) is 57.8 cm³/mol. The van der Waals surface area contributed by atoms with Gasteiger partial charge in [-0.1, -0.05) is 0 Å². The molecule has 0 spiro atoms. The Labute approximate surface area is 91.6 Å². The van der Waals surface area contributed by atoms with Crippen LogP contribution in [0.15, 0.2) is 22.7 Å². The maximum Gasteiger partial charge on any atom is 0.120 e. The normalized spacial score (nSPS) is 8.79. The van der Waals surface area contributed by atoms with E-state index in [4.69, 9.17) is 16.4 Å². The van der Waals surface area contributed by atoms with Crippen molar-refractivity contribution in [1.82, 2.24) is 0 Å². The van der Waals surface area contributed by atoms with Crippen molar-refractivity contribution in [1.29, 1.82) is 5.26 Å². The Hall–Kier alpha value is -1.45. The number of terminal acetylenes is 1. The van der Waals surface area contributed by atoms with E-state index < -0.39 is 0 Å². The summed E-state index contributed by atoms with van der Waals surface area (Å²) in [6.45, 7) is 0.495. The largest absolute Gasteiger partial charge is 0.493 e. The van der Waals surface area contributed by atoms with Crippen LogP contribution in [0.3, 0.4) is 0 Å². The van der Waals surface area contributed by atoms with Crippen LogP contribution < -0.4 is 4.74 Å². The first-order chi connectivity index (χ1) is 6.77. The third-order valence-electron chi connectivity index (χ3n) is 1.58. The van der Waals surface area contributed by atoms with Crippen LogP contribution in [0, 0.1) is 23.7 Å². The molecule has 0 aliphatic heterocycles. The summed E-state index contributed by atoms with van der Waals surface area (Å²) in [5, 5.41) is 8.68. The second kappa shape index (κ2) is 5.32. The van der Waals surface area contributed by atoms with Gasteiger partial charge in [-0.2, -0.15) is 5.26 Å². The number of hydrogen-bond donors (Lipinski definition) is 0. The molecule has 0 N–H and O–H groups in total. The second-order valence-electron chi connectivity index (χ2n) is 2.56. The molecule has 0 aromatic heterocycles. The highest BCUT2D eigenvalue weighted by Crippen LogP contribution is 2.22.